The lowest BCUT2D eigenvalue weighted by Crippen LogP contribution is -2.54. The minimum absolute atomic E-state index is 0.168. The molecule has 0 aliphatic carbocycles. The van der Waals surface area contributed by atoms with Crippen LogP contribution in [0.5, 0.6) is 0 Å². The topological polar surface area (TPSA) is 49.9 Å². The van der Waals surface area contributed by atoms with E-state index in [1.807, 2.05) is 13.8 Å². The molecule has 6 heteroatoms. The van der Waals surface area contributed by atoms with Crippen LogP contribution in [0.1, 0.15) is 25.5 Å². The van der Waals surface area contributed by atoms with Gasteiger partial charge in [-0.1, -0.05) is 18.2 Å². The van der Waals surface area contributed by atoms with Crippen LogP contribution in [0.3, 0.4) is 0 Å². The zero-order valence-corrected chi connectivity index (χ0v) is 13.1. The van der Waals surface area contributed by atoms with E-state index in [0.717, 1.165) is 0 Å². The van der Waals surface area contributed by atoms with Crippen LogP contribution in [-0.4, -0.2) is 54.5 Å². The van der Waals surface area contributed by atoms with Crippen LogP contribution in [0.4, 0.5) is 4.39 Å². The summed E-state index contributed by atoms with van der Waals surface area (Å²) in [4.78, 5) is 27.6. The molecule has 1 aliphatic heterocycles. The van der Waals surface area contributed by atoms with Gasteiger partial charge in [0.05, 0.1) is 6.04 Å². The minimum Gasteiger partial charge on any atom is -0.356 e. The second kappa shape index (κ2) is 6.87. The van der Waals surface area contributed by atoms with E-state index >= 15 is 0 Å². The SMILES string of the molecule is CCN(CC)C(=O)C1OCC(=O)N(C)C1c1ccccc1F. The Hall–Kier alpha value is -1.95. The quantitative estimate of drug-likeness (QED) is 0.849. The van der Waals surface area contributed by atoms with Gasteiger partial charge in [-0.2, -0.15) is 0 Å². The lowest BCUT2D eigenvalue weighted by Gasteiger charge is -2.40. The van der Waals surface area contributed by atoms with Crippen molar-refractivity contribution in [3.8, 4) is 0 Å². The second-order valence-corrected chi connectivity index (χ2v) is 5.21. The van der Waals surface area contributed by atoms with Gasteiger partial charge < -0.3 is 14.5 Å². The molecule has 0 bridgehead atoms. The number of ether oxygens (including phenoxy) is 1. The molecule has 5 nitrogen and oxygen atoms in total. The first kappa shape index (κ1) is 16.4. The standard InChI is InChI=1S/C16H21FN2O3/c1-4-19(5-2)16(21)15-14(18(3)13(20)10-22-15)11-8-6-7-9-12(11)17/h6-9,14-15H,4-5,10H2,1-3H3. The van der Waals surface area contributed by atoms with Crippen LogP contribution in [0.2, 0.25) is 0 Å². The fourth-order valence-corrected chi connectivity index (χ4v) is 2.72. The van der Waals surface area contributed by atoms with E-state index < -0.39 is 18.0 Å². The summed E-state index contributed by atoms with van der Waals surface area (Å²) in [7, 11) is 1.57. The number of benzene rings is 1. The Bertz CT molecular complexity index is 560. The first-order chi connectivity index (χ1) is 10.5. The van der Waals surface area contributed by atoms with Crippen molar-refractivity contribution in [3.63, 3.8) is 0 Å². The lowest BCUT2D eigenvalue weighted by atomic mass is 9.96. The van der Waals surface area contributed by atoms with Crippen LogP contribution in [-0.2, 0) is 14.3 Å². The molecule has 0 N–H and O–H groups in total. The molecule has 1 fully saturated rings. The highest BCUT2D eigenvalue weighted by atomic mass is 19.1. The van der Waals surface area contributed by atoms with E-state index in [-0.39, 0.29) is 18.4 Å². The highest BCUT2D eigenvalue weighted by Gasteiger charge is 2.42. The van der Waals surface area contributed by atoms with E-state index in [1.165, 1.54) is 11.0 Å². The number of carbonyl (C=O) groups is 2. The van der Waals surface area contributed by atoms with Gasteiger partial charge in [0.15, 0.2) is 6.10 Å². The molecule has 2 amide bonds. The number of nitrogens with zero attached hydrogens (tertiary/aromatic N) is 2. The average Bonchev–Trinajstić information content (AvgIpc) is 2.52. The molecule has 1 aromatic rings. The van der Waals surface area contributed by atoms with Crippen molar-refractivity contribution in [2.75, 3.05) is 26.7 Å². The van der Waals surface area contributed by atoms with Crippen molar-refractivity contribution in [3.05, 3.63) is 35.6 Å². The molecule has 1 saturated heterocycles. The van der Waals surface area contributed by atoms with Gasteiger partial charge in [-0.05, 0) is 19.9 Å². The zero-order valence-electron chi connectivity index (χ0n) is 13.1. The highest BCUT2D eigenvalue weighted by Crippen LogP contribution is 2.31. The van der Waals surface area contributed by atoms with E-state index in [1.54, 1.807) is 30.1 Å². The molecule has 0 radical (unpaired) electrons. The number of likely N-dealkylation sites (N-methyl/N-ethyl adjacent to an activating group) is 2. The molecule has 1 aliphatic rings. The predicted molar refractivity (Wildman–Crippen MR) is 79.6 cm³/mol. The van der Waals surface area contributed by atoms with Crippen LogP contribution in [0.25, 0.3) is 0 Å². The molecule has 2 rings (SSSR count). The van der Waals surface area contributed by atoms with Gasteiger partial charge in [-0.25, -0.2) is 4.39 Å². The molecule has 1 heterocycles. The van der Waals surface area contributed by atoms with Crippen LogP contribution >= 0.6 is 0 Å². The molecule has 0 spiro atoms. The summed E-state index contributed by atoms with van der Waals surface area (Å²) in [6, 6.07) is 5.41. The van der Waals surface area contributed by atoms with Gasteiger partial charge in [0.25, 0.3) is 5.91 Å². The smallest absolute Gasteiger partial charge is 0.254 e. The van der Waals surface area contributed by atoms with Gasteiger partial charge in [-0.15, -0.1) is 0 Å². The van der Waals surface area contributed by atoms with Crippen molar-refractivity contribution in [2.24, 2.45) is 0 Å². The number of amides is 2. The fraction of sp³-hybridized carbons (Fsp3) is 0.500. The first-order valence-electron chi connectivity index (χ1n) is 7.41. The van der Waals surface area contributed by atoms with Crippen LogP contribution in [0.15, 0.2) is 24.3 Å². The van der Waals surface area contributed by atoms with Gasteiger partial charge in [0, 0.05) is 25.7 Å². The minimum atomic E-state index is -0.889. The van der Waals surface area contributed by atoms with Crippen molar-refractivity contribution in [1.29, 1.82) is 0 Å². The summed E-state index contributed by atoms with van der Waals surface area (Å²) in [5, 5.41) is 0. The maximum atomic E-state index is 14.2. The molecule has 120 valence electrons. The van der Waals surface area contributed by atoms with E-state index in [0.29, 0.717) is 18.7 Å². The molecule has 0 aromatic heterocycles. The number of hydrogen-bond acceptors (Lipinski definition) is 3. The number of halogens is 1. The monoisotopic (exact) mass is 308 g/mol. The summed E-state index contributed by atoms with van der Waals surface area (Å²) < 4.78 is 19.6. The van der Waals surface area contributed by atoms with Gasteiger partial charge in [0.2, 0.25) is 5.91 Å². The van der Waals surface area contributed by atoms with Crippen LogP contribution < -0.4 is 0 Å². The second-order valence-electron chi connectivity index (χ2n) is 5.21. The van der Waals surface area contributed by atoms with E-state index in [9.17, 15) is 14.0 Å². The first-order valence-corrected chi connectivity index (χ1v) is 7.41. The normalized spacial score (nSPS) is 21.8. The molecule has 2 unspecified atom stereocenters. The Morgan fingerprint density at radius 1 is 1.36 bits per heavy atom. The molecule has 22 heavy (non-hydrogen) atoms. The summed E-state index contributed by atoms with van der Waals surface area (Å²) in [5.74, 6) is -0.940. The van der Waals surface area contributed by atoms with Gasteiger partial charge in [-0.3, -0.25) is 9.59 Å². The number of rotatable bonds is 4. The van der Waals surface area contributed by atoms with Crippen molar-refractivity contribution in [1.82, 2.24) is 9.80 Å². The molecule has 0 saturated carbocycles. The number of carbonyl (C=O) groups excluding carboxylic acids is 2. The van der Waals surface area contributed by atoms with E-state index in [4.69, 9.17) is 4.74 Å². The third-order valence-corrected chi connectivity index (χ3v) is 4.03. The summed E-state index contributed by atoms with van der Waals surface area (Å²) in [5.41, 5.74) is 0.295. The number of morpholine rings is 1. The Kier molecular flexibility index (Phi) is 5.13. The lowest BCUT2D eigenvalue weighted by molar-refractivity contribution is -0.167. The zero-order chi connectivity index (χ0) is 16.3. The predicted octanol–water partition coefficient (Wildman–Crippen LogP) is 1.59. The van der Waals surface area contributed by atoms with Crippen LogP contribution in [0, 0.1) is 5.82 Å². The largest absolute Gasteiger partial charge is 0.356 e. The Morgan fingerprint density at radius 3 is 2.59 bits per heavy atom. The number of hydrogen-bond donors (Lipinski definition) is 0. The van der Waals surface area contributed by atoms with E-state index in [2.05, 4.69) is 0 Å². The third-order valence-electron chi connectivity index (χ3n) is 4.03. The molecule has 2 atom stereocenters. The highest BCUT2D eigenvalue weighted by molar-refractivity contribution is 5.86. The molecular weight excluding hydrogens is 287 g/mol. The van der Waals surface area contributed by atoms with Crippen molar-refractivity contribution >= 4 is 11.8 Å². The Labute approximate surface area is 129 Å². The fourth-order valence-electron chi connectivity index (χ4n) is 2.72. The third kappa shape index (κ3) is 2.97. The molecular formula is C16H21FN2O3. The van der Waals surface area contributed by atoms with Crippen molar-refractivity contribution in [2.45, 2.75) is 26.0 Å². The average molecular weight is 308 g/mol. The van der Waals surface area contributed by atoms with Gasteiger partial charge >= 0.3 is 0 Å². The maximum Gasteiger partial charge on any atom is 0.254 e. The Morgan fingerprint density at radius 2 is 2.00 bits per heavy atom. The van der Waals surface area contributed by atoms with Gasteiger partial charge in [0.1, 0.15) is 12.4 Å². The summed E-state index contributed by atoms with van der Waals surface area (Å²) in [6.45, 7) is 4.65. The summed E-state index contributed by atoms with van der Waals surface area (Å²) in [6.07, 6.45) is -0.889. The molecule has 1 aromatic carbocycles. The summed E-state index contributed by atoms with van der Waals surface area (Å²) >= 11 is 0. The van der Waals surface area contributed by atoms with Crippen molar-refractivity contribution < 1.29 is 18.7 Å². The Balaban J connectivity index is 2.40. The maximum absolute atomic E-state index is 14.2.